The molecule has 1 aromatic heterocycles. The molecule has 21 heavy (non-hydrogen) atoms. The van der Waals surface area contributed by atoms with E-state index in [2.05, 4.69) is 44.9 Å². The third-order valence-corrected chi connectivity index (χ3v) is 3.49. The van der Waals surface area contributed by atoms with Gasteiger partial charge >= 0.3 is 0 Å². The second-order valence-electron chi connectivity index (χ2n) is 6.84. The highest BCUT2D eigenvalue weighted by molar-refractivity contribution is 4.86. The van der Waals surface area contributed by atoms with Crippen LogP contribution in [-0.4, -0.2) is 39.4 Å². The Hall–Kier alpha value is -0.940. The van der Waals surface area contributed by atoms with Crippen molar-refractivity contribution in [3.8, 4) is 0 Å². The van der Waals surface area contributed by atoms with Crippen molar-refractivity contribution < 1.29 is 9.47 Å². The zero-order valence-corrected chi connectivity index (χ0v) is 14.5. The van der Waals surface area contributed by atoms with Gasteiger partial charge in [-0.3, -0.25) is 4.68 Å². The molecule has 0 aliphatic carbocycles. The summed E-state index contributed by atoms with van der Waals surface area (Å²) < 4.78 is 13.7. The van der Waals surface area contributed by atoms with Crippen LogP contribution in [0.1, 0.15) is 59.6 Å². The average Bonchev–Trinajstić information content (AvgIpc) is 2.80. The van der Waals surface area contributed by atoms with Gasteiger partial charge in [0.25, 0.3) is 0 Å². The third-order valence-electron chi connectivity index (χ3n) is 3.49. The molecule has 1 heterocycles. The van der Waals surface area contributed by atoms with Crippen LogP contribution in [0.3, 0.4) is 0 Å². The summed E-state index contributed by atoms with van der Waals surface area (Å²) in [5, 5.41) is 8.06. The number of ether oxygens (including phenoxy) is 2. The predicted molar refractivity (Wildman–Crippen MR) is 84.3 cm³/mol. The molecule has 0 unspecified atom stereocenters. The van der Waals surface area contributed by atoms with Gasteiger partial charge in [-0.1, -0.05) is 12.1 Å². The first kappa shape index (κ1) is 18.1. The van der Waals surface area contributed by atoms with Crippen LogP contribution in [0.25, 0.3) is 0 Å². The van der Waals surface area contributed by atoms with Gasteiger partial charge < -0.3 is 9.47 Å². The Morgan fingerprint density at radius 3 is 2.24 bits per heavy atom. The summed E-state index contributed by atoms with van der Waals surface area (Å²) in [6, 6.07) is 0. The molecule has 1 aromatic rings. The molecule has 1 rings (SSSR count). The van der Waals surface area contributed by atoms with E-state index >= 15 is 0 Å². The molecule has 0 bridgehead atoms. The highest BCUT2D eigenvalue weighted by Gasteiger charge is 2.22. The first-order chi connectivity index (χ1) is 9.74. The summed E-state index contributed by atoms with van der Waals surface area (Å²) >= 11 is 0. The fraction of sp³-hybridized carbons (Fsp3) is 0.875. The number of aromatic nitrogens is 3. The number of hydrogen-bond donors (Lipinski definition) is 0. The molecule has 0 aliphatic rings. The van der Waals surface area contributed by atoms with Crippen LogP contribution in [-0.2, 0) is 16.0 Å². The van der Waals surface area contributed by atoms with E-state index in [1.807, 2.05) is 17.8 Å². The number of hydrogen-bond acceptors (Lipinski definition) is 4. The maximum absolute atomic E-state index is 6.03. The fourth-order valence-electron chi connectivity index (χ4n) is 1.98. The lowest BCUT2D eigenvalue weighted by Gasteiger charge is -2.29. The second kappa shape index (κ2) is 7.90. The Morgan fingerprint density at radius 1 is 1.05 bits per heavy atom. The molecule has 0 saturated heterocycles. The Bertz CT molecular complexity index is 413. The number of rotatable bonds is 10. The van der Waals surface area contributed by atoms with Gasteiger partial charge in [0.15, 0.2) is 0 Å². The van der Waals surface area contributed by atoms with Crippen molar-refractivity contribution in [1.29, 1.82) is 0 Å². The average molecular weight is 297 g/mol. The molecule has 0 aromatic carbocycles. The molecule has 0 N–H and O–H groups in total. The van der Waals surface area contributed by atoms with E-state index < -0.39 is 0 Å². The van der Waals surface area contributed by atoms with Crippen LogP contribution in [0.2, 0.25) is 0 Å². The van der Waals surface area contributed by atoms with Gasteiger partial charge in [0.05, 0.1) is 23.5 Å². The summed E-state index contributed by atoms with van der Waals surface area (Å²) in [5.74, 6) is 0. The molecular formula is C16H31N3O2. The Balaban J connectivity index is 2.28. The van der Waals surface area contributed by atoms with Crippen molar-refractivity contribution >= 4 is 0 Å². The third kappa shape index (κ3) is 7.58. The Labute approximate surface area is 129 Å². The van der Waals surface area contributed by atoms with Crippen molar-refractivity contribution in [2.45, 2.75) is 78.6 Å². The molecule has 0 radical (unpaired) electrons. The first-order valence-electron chi connectivity index (χ1n) is 7.89. The monoisotopic (exact) mass is 297 g/mol. The molecule has 5 nitrogen and oxygen atoms in total. The zero-order valence-electron chi connectivity index (χ0n) is 14.5. The van der Waals surface area contributed by atoms with Crippen LogP contribution in [0.5, 0.6) is 0 Å². The quantitative estimate of drug-likeness (QED) is 0.664. The van der Waals surface area contributed by atoms with Crippen molar-refractivity contribution in [1.82, 2.24) is 15.0 Å². The SMILES string of the molecule is CCCOC(C)(C)CCOC(C)(C)CCn1cc(C)nn1. The van der Waals surface area contributed by atoms with Crippen molar-refractivity contribution in [2.24, 2.45) is 0 Å². The largest absolute Gasteiger partial charge is 0.375 e. The summed E-state index contributed by atoms with van der Waals surface area (Å²) in [5.41, 5.74) is 0.666. The van der Waals surface area contributed by atoms with Gasteiger partial charge in [-0.15, -0.1) is 5.10 Å². The minimum Gasteiger partial charge on any atom is -0.375 e. The summed E-state index contributed by atoms with van der Waals surface area (Å²) in [6.45, 7) is 14.9. The molecule has 0 amide bonds. The van der Waals surface area contributed by atoms with E-state index in [1.165, 1.54) is 0 Å². The van der Waals surface area contributed by atoms with E-state index in [0.717, 1.165) is 38.1 Å². The van der Waals surface area contributed by atoms with E-state index in [-0.39, 0.29) is 11.2 Å². The standard InChI is InChI=1S/C16H31N3O2/c1-7-11-20-16(5,6)9-12-21-15(3,4)8-10-19-13-14(2)17-18-19/h13H,7-12H2,1-6H3. The molecule has 0 atom stereocenters. The lowest BCUT2D eigenvalue weighted by molar-refractivity contribution is -0.0754. The van der Waals surface area contributed by atoms with Crippen LogP contribution in [0.15, 0.2) is 6.20 Å². The van der Waals surface area contributed by atoms with Gasteiger partial charge in [-0.05, 0) is 53.9 Å². The minimum atomic E-state index is -0.166. The Kier molecular flexibility index (Phi) is 6.81. The van der Waals surface area contributed by atoms with E-state index in [0.29, 0.717) is 6.61 Å². The van der Waals surface area contributed by atoms with E-state index in [4.69, 9.17) is 9.47 Å². The fourth-order valence-corrected chi connectivity index (χ4v) is 1.98. The maximum atomic E-state index is 6.03. The molecule has 122 valence electrons. The van der Waals surface area contributed by atoms with Gasteiger partial charge in [-0.25, -0.2) is 0 Å². The highest BCUT2D eigenvalue weighted by Crippen LogP contribution is 2.20. The van der Waals surface area contributed by atoms with Crippen LogP contribution in [0.4, 0.5) is 0 Å². The molecule has 0 aliphatic heterocycles. The van der Waals surface area contributed by atoms with Crippen molar-refractivity contribution in [2.75, 3.05) is 13.2 Å². The van der Waals surface area contributed by atoms with E-state index in [9.17, 15) is 0 Å². The highest BCUT2D eigenvalue weighted by atomic mass is 16.5. The minimum absolute atomic E-state index is 0.116. The van der Waals surface area contributed by atoms with Crippen molar-refractivity contribution in [3.05, 3.63) is 11.9 Å². The van der Waals surface area contributed by atoms with Gasteiger partial charge in [0.2, 0.25) is 0 Å². The maximum Gasteiger partial charge on any atom is 0.0796 e. The Morgan fingerprint density at radius 2 is 1.67 bits per heavy atom. The van der Waals surface area contributed by atoms with E-state index in [1.54, 1.807) is 0 Å². The van der Waals surface area contributed by atoms with Gasteiger partial charge in [0, 0.05) is 19.3 Å². The predicted octanol–water partition coefficient (Wildman–Crippen LogP) is 3.37. The zero-order chi connectivity index (χ0) is 15.9. The molecule has 5 heteroatoms. The molecule has 0 spiro atoms. The molecule has 0 saturated carbocycles. The molecular weight excluding hydrogens is 266 g/mol. The van der Waals surface area contributed by atoms with Crippen LogP contribution >= 0.6 is 0 Å². The summed E-state index contributed by atoms with van der Waals surface area (Å²) in [7, 11) is 0. The number of nitrogens with zero attached hydrogens (tertiary/aromatic N) is 3. The lowest BCUT2D eigenvalue weighted by atomic mass is 10.0. The normalized spacial score (nSPS) is 12.9. The lowest BCUT2D eigenvalue weighted by Crippen LogP contribution is -2.31. The first-order valence-corrected chi connectivity index (χ1v) is 7.89. The van der Waals surface area contributed by atoms with Crippen LogP contribution < -0.4 is 0 Å². The summed E-state index contributed by atoms with van der Waals surface area (Å²) in [6.07, 6.45) is 4.82. The van der Waals surface area contributed by atoms with Crippen molar-refractivity contribution in [3.63, 3.8) is 0 Å². The second-order valence-corrected chi connectivity index (χ2v) is 6.84. The smallest absolute Gasteiger partial charge is 0.0796 e. The number of aryl methyl sites for hydroxylation is 2. The van der Waals surface area contributed by atoms with Gasteiger partial charge in [0.1, 0.15) is 0 Å². The summed E-state index contributed by atoms with van der Waals surface area (Å²) in [4.78, 5) is 0. The molecule has 0 fully saturated rings. The van der Waals surface area contributed by atoms with Crippen LogP contribution in [0, 0.1) is 6.92 Å². The topological polar surface area (TPSA) is 49.2 Å². The van der Waals surface area contributed by atoms with Gasteiger partial charge in [-0.2, -0.15) is 0 Å².